The number of hydrogen-bond acceptors (Lipinski definition) is 2. The third-order valence-electron chi connectivity index (χ3n) is 3.06. The Hall–Kier alpha value is -2.31. The quantitative estimate of drug-likeness (QED) is 0.844. The Kier molecular flexibility index (Phi) is 4.77. The van der Waals surface area contributed by atoms with Gasteiger partial charge >= 0.3 is 0 Å². The van der Waals surface area contributed by atoms with Crippen LogP contribution in [0.5, 0.6) is 0 Å². The van der Waals surface area contributed by atoms with Gasteiger partial charge < -0.3 is 5.32 Å². The van der Waals surface area contributed by atoms with Crippen molar-refractivity contribution in [3.8, 4) is 0 Å². The summed E-state index contributed by atoms with van der Waals surface area (Å²) in [5.74, 6) is -3.71. The van der Waals surface area contributed by atoms with Gasteiger partial charge in [-0.05, 0) is 17.9 Å². The maximum atomic E-state index is 13.5. The summed E-state index contributed by atoms with van der Waals surface area (Å²) in [6.07, 6.45) is 0.332. The third kappa shape index (κ3) is 4.84. The Morgan fingerprint density at radius 2 is 1.78 bits per heavy atom. The molecule has 2 aromatic rings. The Bertz CT molecular complexity index is 720. The van der Waals surface area contributed by atoms with Gasteiger partial charge in [0.05, 0.1) is 6.42 Å². The maximum absolute atomic E-state index is 13.5. The van der Waals surface area contributed by atoms with Gasteiger partial charge in [-0.3, -0.25) is 9.89 Å². The largest absolute Gasteiger partial charge is 0.309 e. The molecular formula is C16H18F3N3O. The van der Waals surface area contributed by atoms with Crippen LogP contribution in [0, 0.1) is 22.9 Å². The molecule has 2 rings (SSSR count). The first kappa shape index (κ1) is 17.1. The summed E-state index contributed by atoms with van der Waals surface area (Å²) in [7, 11) is 0. The summed E-state index contributed by atoms with van der Waals surface area (Å²) in [6, 6.07) is 2.79. The van der Waals surface area contributed by atoms with Crippen molar-refractivity contribution in [2.45, 2.75) is 33.6 Å². The van der Waals surface area contributed by atoms with Crippen LogP contribution in [0.25, 0.3) is 0 Å². The Morgan fingerprint density at radius 1 is 1.13 bits per heavy atom. The number of nitrogens with zero attached hydrogens (tertiary/aromatic N) is 1. The molecular weight excluding hydrogens is 307 g/mol. The van der Waals surface area contributed by atoms with Crippen LogP contribution in [0.1, 0.15) is 32.0 Å². The van der Waals surface area contributed by atoms with Crippen LogP contribution < -0.4 is 5.32 Å². The topological polar surface area (TPSA) is 57.8 Å². The second kappa shape index (κ2) is 6.44. The molecule has 0 aliphatic rings. The number of halogens is 3. The first-order valence-corrected chi connectivity index (χ1v) is 7.11. The van der Waals surface area contributed by atoms with Crippen molar-refractivity contribution in [2.24, 2.45) is 5.41 Å². The minimum Gasteiger partial charge on any atom is -0.309 e. The van der Waals surface area contributed by atoms with E-state index < -0.39 is 29.8 Å². The highest BCUT2D eigenvalue weighted by molar-refractivity contribution is 5.91. The van der Waals surface area contributed by atoms with Gasteiger partial charge in [-0.25, -0.2) is 13.2 Å². The first-order chi connectivity index (χ1) is 10.6. The maximum Gasteiger partial charge on any atom is 0.230 e. The zero-order chi connectivity index (χ0) is 17.2. The second-order valence-corrected chi connectivity index (χ2v) is 6.60. The molecule has 0 bridgehead atoms. The molecule has 0 radical (unpaired) electrons. The van der Waals surface area contributed by atoms with Crippen molar-refractivity contribution in [3.63, 3.8) is 0 Å². The molecule has 124 valence electrons. The van der Waals surface area contributed by atoms with E-state index in [1.54, 1.807) is 6.07 Å². The van der Waals surface area contributed by atoms with Crippen molar-refractivity contribution in [1.29, 1.82) is 0 Å². The number of aromatic amines is 1. The van der Waals surface area contributed by atoms with Gasteiger partial charge in [0.25, 0.3) is 0 Å². The van der Waals surface area contributed by atoms with Crippen molar-refractivity contribution in [1.82, 2.24) is 10.2 Å². The fourth-order valence-corrected chi connectivity index (χ4v) is 2.15. The lowest BCUT2D eigenvalue weighted by Crippen LogP contribution is -2.16. The highest BCUT2D eigenvalue weighted by Crippen LogP contribution is 2.21. The van der Waals surface area contributed by atoms with Crippen LogP contribution in [0.4, 0.5) is 19.0 Å². The molecule has 1 heterocycles. The summed E-state index contributed by atoms with van der Waals surface area (Å²) in [5.41, 5.74) is 0.696. The molecule has 0 saturated heterocycles. The molecule has 0 unspecified atom stereocenters. The molecule has 4 nitrogen and oxygen atoms in total. The van der Waals surface area contributed by atoms with E-state index in [0.717, 1.165) is 12.1 Å². The average molecular weight is 325 g/mol. The molecule has 0 saturated carbocycles. The Labute approximate surface area is 132 Å². The SMILES string of the molecule is CC(C)(C)Cc1cc(NC(=O)Cc2cc(F)c(F)cc2F)n[nH]1. The summed E-state index contributed by atoms with van der Waals surface area (Å²) in [5, 5.41) is 9.26. The number of aromatic nitrogens is 2. The highest BCUT2D eigenvalue weighted by Gasteiger charge is 2.16. The number of carbonyl (C=O) groups is 1. The Balaban J connectivity index is 2.02. The fraction of sp³-hybridized carbons (Fsp3) is 0.375. The molecule has 0 atom stereocenters. The zero-order valence-corrected chi connectivity index (χ0v) is 13.1. The van der Waals surface area contributed by atoms with Gasteiger partial charge in [0.15, 0.2) is 17.5 Å². The summed E-state index contributed by atoms with van der Waals surface area (Å²) in [6.45, 7) is 6.20. The van der Waals surface area contributed by atoms with E-state index in [2.05, 4.69) is 36.3 Å². The molecule has 2 N–H and O–H groups in total. The molecule has 1 aromatic heterocycles. The minimum absolute atomic E-state index is 0.0581. The van der Waals surface area contributed by atoms with Gasteiger partial charge in [-0.2, -0.15) is 5.10 Å². The number of anilines is 1. The monoisotopic (exact) mass is 325 g/mol. The lowest BCUT2D eigenvalue weighted by Gasteiger charge is -2.15. The molecule has 23 heavy (non-hydrogen) atoms. The smallest absolute Gasteiger partial charge is 0.230 e. The minimum atomic E-state index is -1.29. The first-order valence-electron chi connectivity index (χ1n) is 7.11. The fourth-order valence-electron chi connectivity index (χ4n) is 2.15. The van der Waals surface area contributed by atoms with Gasteiger partial charge in [-0.1, -0.05) is 20.8 Å². The van der Waals surface area contributed by atoms with Crippen LogP contribution in [-0.2, 0) is 17.6 Å². The van der Waals surface area contributed by atoms with E-state index in [-0.39, 0.29) is 11.0 Å². The lowest BCUT2D eigenvalue weighted by molar-refractivity contribution is -0.115. The van der Waals surface area contributed by atoms with Crippen LogP contribution >= 0.6 is 0 Å². The van der Waals surface area contributed by atoms with Crippen LogP contribution in [0.15, 0.2) is 18.2 Å². The van der Waals surface area contributed by atoms with E-state index in [1.165, 1.54) is 0 Å². The molecule has 1 aromatic carbocycles. The van der Waals surface area contributed by atoms with E-state index in [0.29, 0.717) is 18.0 Å². The lowest BCUT2D eigenvalue weighted by atomic mass is 9.91. The van der Waals surface area contributed by atoms with Crippen molar-refractivity contribution in [2.75, 3.05) is 5.32 Å². The number of nitrogens with one attached hydrogen (secondary N) is 2. The Morgan fingerprint density at radius 3 is 2.43 bits per heavy atom. The predicted molar refractivity (Wildman–Crippen MR) is 80.4 cm³/mol. The number of rotatable bonds is 4. The van der Waals surface area contributed by atoms with Crippen molar-refractivity contribution >= 4 is 11.7 Å². The summed E-state index contributed by atoms with van der Waals surface area (Å²) < 4.78 is 39.5. The van der Waals surface area contributed by atoms with Crippen LogP contribution in [-0.4, -0.2) is 16.1 Å². The molecule has 1 amide bonds. The molecule has 0 aliphatic heterocycles. The highest BCUT2D eigenvalue weighted by atomic mass is 19.2. The van der Waals surface area contributed by atoms with Gasteiger partial charge in [0, 0.05) is 23.4 Å². The summed E-state index contributed by atoms with van der Waals surface area (Å²) >= 11 is 0. The zero-order valence-electron chi connectivity index (χ0n) is 13.1. The number of amides is 1. The van der Waals surface area contributed by atoms with E-state index >= 15 is 0 Å². The van der Waals surface area contributed by atoms with Gasteiger partial charge in [0.1, 0.15) is 5.82 Å². The van der Waals surface area contributed by atoms with Crippen molar-refractivity contribution < 1.29 is 18.0 Å². The van der Waals surface area contributed by atoms with Gasteiger partial charge in [0.2, 0.25) is 5.91 Å². The molecule has 0 fully saturated rings. The number of benzene rings is 1. The van der Waals surface area contributed by atoms with Crippen LogP contribution in [0.3, 0.4) is 0 Å². The number of hydrogen-bond donors (Lipinski definition) is 2. The normalized spacial score (nSPS) is 11.6. The summed E-state index contributed by atoms with van der Waals surface area (Å²) in [4.78, 5) is 11.9. The number of H-pyrrole nitrogens is 1. The van der Waals surface area contributed by atoms with E-state index in [1.807, 2.05) is 0 Å². The molecule has 7 heteroatoms. The molecule has 0 aliphatic carbocycles. The third-order valence-corrected chi connectivity index (χ3v) is 3.06. The number of carbonyl (C=O) groups excluding carboxylic acids is 1. The van der Waals surface area contributed by atoms with E-state index in [4.69, 9.17) is 0 Å². The second-order valence-electron chi connectivity index (χ2n) is 6.60. The average Bonchev–Trinajstić information content (AvgIpc) is 2.80. The van der Waals surface area contributed by atoms with Gasteiger partial charge in [-0.15, -0.1) is 0 Å². The van der Waals surface area contributed by atoms with E-state index in [9.17, 15) is 18.0 Å². The standard InChI is InChI=1S/C16H18F3N3O/c1-16(2,3)8-10-6-14(22-21-10)20-15(23)5-9-4-12(18)13(19)7-11(9)17/h4,6-7H,5,8H2,1-3H3,(H2,20,21,22,23). The van der Waals surface area contributed by atoms with Crippen molar-refractivity contribution in [3.05, 3.63) is 46.9 Å². The predicted octanol–water partition coefficient (Wildman–Crippen LogP) is 3.60. The molecule has 0 spiro atoms. The van der Waals surface area contributed by atoms with Crippen LogP contribution in [0.2, 0.25) is 0 Å².